The van der Waals surface area contributed by atoms with Gasteiger partial charge in [-0.05, 0) is 61.7 Å². The van der Waals surface area contributed by atoms with Crippen LogP contribution < -0.4 is 20.1 Å². The fourth-order valence-corrected chi connectivity index (χ4v) is 3.83. The minimum absolute atomic E-state index is 0. The predicted octanol–water partition coefficient (Wildman–Crippen LogP) is 4.56. The Morgan fingerprint density at radius 1 is 0.906 bits per heavy atom. The van der Waals surface area contributed by atoms with E-state index in [4.69, 9.17) is 9.47 Å². The van der Waals surface area contributed by atoms with Crippen LogP contribution in [0.25, 0.3) is 0 Å². The van der Waals surface area contributed by atoms with E-state index in [-0.39, 0.29) is 24.0 Å². The summed E-state index contributed by atoms with van der Waals surface area (Å²) in [7, 11) is 3.44. The summed E-state index contributed by atoms with van der Waals surface area (Å²) in [5, 5.41) is 6.76. The zero-order valence-corrected chi connectivity index (χ0v) is 21.9. The summed E-state index contributed by atoms with van der Waals surface area (Å²) >= 11 is 0. The van der Waals surface area contributed by atoms with Crippen LogP contribution in [0, 0.1) is 0 Å². The van der Waals surface area contributed by atoms with Gasteiger partial charge in [-0.3, -0.25) is 9.89 Å². The SMILES string of the molecule is CCOc1cc(CNC(=NC)NCc2ccc(CN3CCCCC3)cc2)ccc1OC.I. The van der Waals surface area contributed by atoms with E-state index in [1.807, 2.05) is 25.1 Å². The van der Waals surface area contributed by atoms with E-state index in [0.29, 0.717) is 13.2 Å². The lowest BCUT2D eigenvalue weighted by atomic mass is 10.1. The molecule has 1 fully saturated rings. The molecule has 0 unspecified atom stereocenters. The molecule has 1 aliphatic heterocycles. The highest BCUT2D eigenvalue weighted by Crippen LogP contribution is 2.28. The Morgan fingerprint density at radius 2 is 1.53 bits per heavy atom. The van der Waals surface area contributed by atoms with E-state index in [1.54, 1.807) is 14.2 Å². The number of hydrogen-bond acceptors (Lipinski definition) is 4. The first-order valence-corrected chi connectivity index (χ1v) is 11.3. The average Bonchev–Trinajstić information content (AvgIpc) is 2.81. The lowest BCUT2D eigenvalue weighted by Crippen LogP contribution is -2.36. The van der Waals surface area contributed by atoms with Crippen molar-refractivity contribution in [2.24, 2.45) is 4.99 Å². The second kappa shape index (κ2) is 14.2. The zero-order valence-electron chi connectivity index (χ0n) is 19.5. The Balaban J connectivity index is 0.00000363. The van der Waals surface area contributed by atoms with Gasteiger partial charge in [-0.15, -0.1) is 24.0 Å². The van der Waals surface area contributed by atoms with Crippen LogP contribution >= 0.6 is 24.0 Å². The van der Waals surface area contributed by atoms with Crippen LogP contribution in [0.4, 0.5) is 0 Å². The normalized spacial score (nSPS) is 14.4. The molecular weight excluding hydrogens is 515 g/mol. The topological polar surface area (TPSA) is 58.1 Å². The second-order valence-electron chi connectivity index (χ2n) is 7.85. The largest absolute Gasteiger partial charge is 0.493 e. The molecule has 0 aliphatic carbocycles. The molecule has 0 aromatic heterocycles. The first-order valence-electron chi connectivity index (χ1n) is 11.3. The smallest absolute Gasteiger partial charge is 0.191 e. The molecule has 2 aromatic carbocycles. The van der Waals surface area contributed by atoms with Crippen molar-refractivity contribution in [3.05, 3.63) is 59.2 Å². The van der Waals surface area contributed by atoms with Crippen LogP contribution in [0.2, 0.25) is 0 Å². The predicted molar refractivity (Wildman–Crippen MR) is 142 cm³/mol. The molecular formula is C25H37IN4O2. The zero-order chi connectivity index (χ0) is 21.9. The molecule has 176 valence electrons. The first-order chi connectivity index (χ1) is 15.2. The summed E-state index contributed by atoms with van der Waals surface area (Å²) in [6.45, 7) is 7.47. The standard InChI is InChI=1S/C25H36N4O2.HI/c1-4-31-24-16-22(12-13-23(24)30-3)18-28-25(26-2)27-17-20-8-10-21(11-9-20)19-29-14-6-5-7-15-29;/h8-13,16H,4-7,14-15,17-19H2,1-3H3,(H2,26,27,28);1H. The number of nitrogens with one attached hydrogen (secondary N) is 2. The molecule has 0 spiro atoms. The summed E-state index contributed by atoms with van der Waals surface area (Å²) in [6, 6.07) is 14.9. The monoisotopic (exact) mass is 552 g/mol. The number of aliphatic imine (C=N–C) groups is 1. The van der Waals surface area contributed by atoms with Gasteiger partial charge in [0.05, 0.1) is 13.7 Å². The van der Waals surface area contributed by atoms with Crippen molar-refractivity contribution < 1.29 is 9.47 Å². The summed E-state index contributed by atoms with van der Waals surface area (Å²) < 4.78 is 11.0. The molecule has 32 heavy (non-hydrogen) atoms. The molecule has 0 amide bonds. The molecule has 0 atom stereocenters. The third kappa shape index (κ3) is 8.16. The third-order valence-corrected chi connectivity index (χ3v) is 5.55. The summed E-state index contributed by atoms with van der Waals surface area (Å²) in [5.74, 6) is 2.28. The van der Waals surface area contributed by atoms with E-state index in [9.17, 15) is 0 Å². The van der Waals surface area contributed by atoms with Gasteiger partial charge in [0.2, 0.25) is 0 Å². The highest BCUT2D eigenvalue weighted by Gasteiger charge is 2.10. The van der Waals surface area contributed by atoms with Gasteiger partial charge < -0.3 is 20.1 Å². The first kappa shape index (κ1) is 26.3. The maximum absolute atomic E-state index is 5.66. The summed E-state index contributed by atoms with van der Waals surface area (Å²) in [6.07, 6.45) is 4.04. The highest BCUT2D eigenvalue weighted by molar-refractivity contribution is 14.0. The molecule has 3 rings (SSSR count). The Kier molecular flexibility index (Phi) is 11.7. The molecule has 1 saturated heterocycles. The van der Waals surface area contributed by atoms with Crippen molar-refractivity contribution in [2.75, 3.05) is 33.9 Å². The van der Waals surface area contributed by atoms with Crippen molar-refractivity contribution >= 4 is 29.9 Å². The minimum atomic E-state index is 0. The maximum Gasteiger partial charge on any atom is 0.191 e. The van der Waals surface area contributed by atoms with E-state index >= 15 is 0 Å². The number of rotatable bonds is 9. The van der Waals surface area contributed by atoms with Crippen LogP contribution in [0.3, 0.4) is 0 Å². The Labute approximate surface area is 209 Å². The Morgan fingerprint density at radius 3 is 2.16 bits per heavy atom. The van der Waals surface area contributed by atoms with Gasteiger partial charge >= 0.3 is 0 Å². The molecule has 2 aromatic rings. The van der Waals surface area contributed by atoms with Gasteiger partial charge in [0.25, 0.3) is 0 Å². The number of halogens is 1. The lowest BCUT2D eigenvalue weighted by molar-refractivity contribution is 0.221. The number of nitrogens with zero attached hydrogens (tertiary/aromatic N) is 2. The average molecular weight is 553 g/mol. The van der Waals surface area contributed by atoms with Crippen LogP contribution in [0.1, 0.15) is 42.9 Å². The van der Waals surface area contributed by atoms with Crippen LogP contribution in [0.5, 0.6) is 11.5 Å². The van der Waals surface area contributed by atoms with E-state index in [2.05, 4.69) is 44.8 Å². The third-order valence-electron chi connectivity index (χ3n) is 5.55. The number of guanidine groups is 1. The van der Waals surface area contributed by atoms with Gasteiger partial charge in [0, 0.05) is 26.7 Å². The van der Waals surface area contributed by atoms with Gasteiger partial charge in [0.15, 0.2) is 17.5 Å². The summed E-state index contributed by atoms with van der Waals surface area (Å²) in [5.41, 5.74) is 3.74. The van der Waals surface area contributed by atoms with Gasteiger partial charge in [-0.1, -0.05) is 36.8 Å². The van der Waals surface area contributed by atoms with Crippen molar-refractivity contribution in [1.29, 1.82) is 0 Å². The van der Waals surface area contributed by atoms with Gasteiger partial charge in [0.1, 0.15) is 0 Å². The van der Waals surface area contributed by atoms with E-state index < -0.39 is 0 Å². The fraction of sp³-hybridized carbons (Fsp3) is 0.480. The molecule has 0 radical (unpaired) electrons. The number of hydrogen-bond donors (Lipinski definition) is 2. The number of likely N-dealkylation sites (tertiary alicyclic amines) is 1. The van der Waals surface area contributed by atoms with Crippen LogP contribution in [-0.4, -0.2) is 44.7 Å². The molecule has 7 heteroatoms. The molecule has 1 heterocycles. The van der Waals surface area contributed by atoms with Crippen LogP contribution in [-0.2, 0) is 19.6 Å². The van der Waals surface area contributed by atoms with Gasteiger partial charge in [-0.2, -0.15) is 0 Å². The van der Waals surface area contributed by atoms with Crippen molar-refractivity contribution in [3.63, 3.8) is 0 Å². The molecule has 2 N–H and O–H groups in total. The summed E-state index contributed by atoms with van der Waals surface area (Å²) in [4.78, 5) is 6.89. The second-order valence-corrected chi connectivity index (χ2v) is 7.85. The fourth-order valence-electron chi connectivity index (χ4n) is 3.83. The van der Waals surface area contributed by atoms with Crippen LogP contribution in [0.15, 0.2) is 47.5 Å². The van der Waals surface area contributed by atoms with Crippen molar-refractivity contribution in [2.45, 2.75) is 45.8 Å². The number of piperidine rings is 1. The van der Waals surface area contributed by atoms with E-state index in [0.717, 1.165) is 36.1 Å². The van der Waals surface area contributed by atoms with Gasteiger partial charge in [-0.25, -0.2) is 0 Å². The number of methoxy groups -OCH3 is 1. The highest BCUT2D eigenvalue weighted by atomic mass is 127. The lowest BCUT2D eigenvalue weighted by Gasteiger charge is -2.26. The van der Waals surface area contributed by atoms with Crippen molar-refractivity contribution in [1.82, 2.24) is 15.5 Å². The molecule has 0 saturated carbocycles. The minimum Gasteiger partial charge on any atom is -0.493 e. The molecule has 1 aliphatic rings. The molecule has 6 nitrogen and oxygen atoms in total. The van der Waals surface area contributed by atoms with E-state index in [1.165, 1.54) is 43.5 Å². The molecule has 0 bridgehead atoms. The quantitative estimate of drug-likeness (QED) is 0.272. The Bertz CT molecular complexity index is 836. The van der Waals surface area contributed by atoms with Crippen molar-refractivity contribution in [3.8, 4) is 11.5 Å². The number of benzene rings is 2. The number of ether oxygens (including phenoxy) is 2. The maximum atomic E-state index is 5.66. The Hall–Kier alpha value is -2.00.